The predicted molar refractivity (Wildman–Crippen MR) is 361 cm³/mol. The Hall–Kier alpha value is -11.2. The summed E-state index contributed by atoms with van der Waals surface area (Å²) >= 11 is 0. The quantitative estimate of drug-likeness (QED) is 0.159. The first-order valence-electron chi connectivity index (χ1n) is 30.1. The van der Waals surface area contributed by atoms with Crippen LogP contribution in [-0.2, 0) is 10.8 Å². The van der Waals surface area contributed by atoms with Gasteiger partial charge in [0.15, 0.2) is 0 Å². The maximum atomic E-state index is 5.01. The van der Waals surface area contributed by atoms with Crippen LogP contribution in [0.4, 0.5) is 34.1 Å². The highest BCUT2D eigenvalue weighted by Crippen LogP contribution is 2.59. The van der Waals surface area contributed by atoms with E-state index in [-0.39, 0.29) is 5.41 Å². The van der Waals surface area contributed by atoms with Crippen LogP contribution in [0.25, 0.3) is 82.5 Å². The van der Waals surface area contributed by atoms with E-state index >= 15 is 0 Å². The van der Waals surface area contributed by atoms with Crippen LogP contribution in [0.1, 0.15) is 47.2 Å². The summed E-state index contributed by atoms with van der Waals surface area (Å²) in [4.78, 5) is 10.0. The van der Waals surface area contributed by atoms with Crippen LogP contribution in [0.3, 0.4) is 0 Å². The van der Waals surface area contributed by atoms with Gasteiger partial charge in [-0.3, -0.25) is 4.98 Å². The van der Waals surface area contributed by atoms with Gasteiger partial charge in [-0.1, -0.05) is 202 Å². The van der Waals surface area contributed by atoms with E-state index in [1.54, 1.807) is 0 Å². The molecule has 87 heavy (non-hydrogen) atoms. The fourth-order valence-electron chi connectivity index (χ4n) is 15.4. The topological polar surface area (TPSA) is 34.2 Å². The van der Waals surface area contributed by atoms with Crippen LogP contribution in [0.5, 0.6) is 0 Å². The fraction of sp³-hybridized carbons (Fsp3) is 0.0494. The molecule has 410 valence electrons. The molecule has 0 spiro atoms. The molecule has 16 aromatic rings. The van der Waals surface area contributed by atoms with Gasteiger partial charge in [-0.15, -0.1) is 0 Å². The third kappa shape index (κ3) is 6.95. The first-order chi connectivity index (χ1) is 42.9. The number of rotatable bonds is 7. The second-order valence-corrected chi connectivity index (χ2v) is 23.9. The minimum Gasteiger partial charge on any atom is -0.310 e. The molecule has 0 amide bonds. The van der Waals surface area contributed by atoms with Gasteiger partial charge in [0.25, 0.3) is 0 Å². The number of anilines is 6. The van der Waals surface area contributed by atoms with E-state index in [9.17, 15) is 0 Å². The van der Waals surface area contributed by atoms with Crippen molar-refractivity contribution in [3.05, 3.63) is 337 Å². The van der Waals surface area contributed by atoms with E-state index in [0.29, 0.717) is 0 Å². The Morgan fingerprint density at radius 1 is 0.264 bits per heavy atom. The van der Waals surface area contributed by atoms with E-state index < -0.39 is 5.41 Å². The van der Waals surface area contributed by atoms with Gasteiger partial charge in [0, 0.05) is 55.3 Å². The summed E-state index contributed by atoms with van der Waals surface area (Å²) in [7, 11) is 0. The lowest BCUT2D eigenvalue weighted by Gasteiger charge is -2.46. The SMILES string of the molecule is CC1(C)c2ccccc2N(c2cc(N3c4ccccc4C(c4ccccc4)(c4ccccc4)c4ccncc43)cc(-n3c4ccccc4c4cc(-n5c6ccccc6c6ccccc65)ccc43)c2)c2ccc(-n3c4ccccc4c4ccccc43)cc21. The largest absolute Gasteiger partial charge is 0.310 e. The summed E-state index contributed by atoms with van der Waals surface area (Å²) in [6.07, 6.45) is 4.05. The molecular formula is C81H56N6. The van der Waals surface area contributed by atoms with Crippen LogP contribution in [0.2, 0.25) is 0 Å². The third-order valence-electron chi connectivity index (χ3n) is 19.1. The van der Waals surface area contributed by atoms with Crippen LogP contribution in [0, 0.1) is 0 Å². The van der Waals surface area contributed by atoms with E-state index in [1.165, 1.54) is 82.2 Å². The van der Waals surface area contributed by atoms with E-state index in [1.807, 2.05) is 6.20 Å². The van der Waals surface area contributed by atoms with Gasteiger partial charge in [0.1, 0.15) is 0 Å². The first-order valence-corrected chi connectivity index (χ1v) is 30.1. The van der Waals surface area contributed by atoms with Crippen molar-refractivity contribution in [1.82, 2.24) is 18.7 Å². The van der Waals surface area contributed by atoms with Gasteiger partial charge in [0.2, 0.25) is 0 Å². The molecule has 0 unspecified atom stereocenters. The highest BCUT2D eigenvalue weighted by atomic mass is 15.2. The van der Waals surface area contributed by atoms with Gasteiger partial charge in [-0.25, -0.2) is 0 Å². The van der Waals surface area contributed by atoms with Crippen molar-refractivity contribution in [3.8, 4) is 17.1 Å². The zero-order chi connectivity index (χ0) is 57.5. The van der Waals surface area contributed by atoms with Crippen molar-refractivity contribution in [3.63, 3.8) is 0 Å². The van der Waals surface area contributed by atoms with Crippen molar-refractivity contribution in [2.75, 3.05) is 9.80 Å². The molecule has 0 atom stereocenters. The van der Waals surface area contributed by atoms with Crippen LogP contribution in [0.15, 0.2) is 304 Å². The molecule has 4 aromatic heterocycles. The molecule has 0 saturated heterocycles. The van der Waals surface area contributed by atoms with Gasteiger partial charge in [-0.2, -0.15) is 0 Å². The first kappa shape index (κ1) is 49.2. The highest BCUT2D eigenvalue weighted by Gasteiger charge is 2.47. The second-order valence-electron chi connectivity index (χ2n) is 23.9. The van der Waals surface area contributed by atoms with Crippen LogP contribution < -0.4 is 9.80 Å². The molecule has 18 rings (SSSR count). The molecule has 2 aliphatic rings. The fourth-order valence-corrected chi connectivity index (χ4v) is 15.4. The van der Waals surface area contributed by atoms with Crippen molar-refractivity contribution >= 4 is 99.5 Å². The Labute approximate surface area is 503 Å². The average molecular weight is 1110 g/mol. The van der Waals surface area contributed by atoms with Crippen molar-refractivity contribution < 1.29 is 0 Å². The second kappa shape index (κ2) is 18.6. The summed E-state index contributed by atoms with van der Waals surface area (Å²) in [5.41, 5.74) is 22.9. The number of pyridine rings is 1. The zero-order valence-corrected chi connectivity index (χ0v) is 48.1. The lowest BCUT2D eigenvalue weighted by molar-refractivity contribution is 0.631. The van der Waals surface area contributed by atoms with Crippen LogP contribution >= 0.6 is 0 Å². The molecular weight excluding hydrogens is 1060 g/mol. The Kier molecular flexibility index (Phi) is 10.6. The van der Waals surface area contributed by atoms with Crippen molar-refractivity contribution in [2.45, 2.75) is 24.7 Å². The Balaban J connectivity index is 0.918. The number of benzene rings is 12. The Morgan fingerprint density at radius 3 is 1.20 bits per heavy atom. The molecule has 6 heterocycles. The number of hydrogen-bond acceptors (Lipinski definition) is 3. The molecule has 6 nitrogen and oxygen atoms in total. The van der Waals surface area contributed by atoms with Gasteiger partial charge < -0.3 is 23.5 Å². The molecule has 2 aliphatic heterocycles. The normalized spacial score (nSPS) is 14.0. The molecule has 0 bridgehead atoms. The maximum Gasteiger partial charge on any atom is 0.0743 e. The number of nitrogens with zero attached hydrogens (tertiary/aromatic N) is 6. The number of fused-ring (bicyclic) bond motifs is 13. The average Bonchev–Trinajstić information content (AvgIpc) is 1.58. The Bertz CT molecular complexity index is 5280. The molecule has 0 radical (unpaired) electrons. The maximum absolute atomic E-state index is 5.01. The summed E-state index contributed by atoms with van der Waals surface area (Å²) in [5.74, 6) is 0. The molecule has 0 fully saturated rings. The predicted octanol–water partition coefficient (Wildman–Crippen LogP) is 20.6. The minimum atomic E-state index is -0.667. The van der Waals surface area contributed by atoms with Crippen molar-refractivity contribution in [1.29, 1.82) is 0 Å². The molecule has 6 heteroatoms. The monoisotopic (exact) mass is 1110 g/mol. The standard InChI is InChI=1S/C81H56N6/c1-80(2)66-32-14-21-39-76(66)86(78-44-42-56(51-69(78)80)84-72-36-18-11-29-62(72)63-30-12-19-37-73(63)84)58-47-57(85-74-38-20-13-31-64(74)65-50-55(41-43-75(65)85)83-70-34-16-9-27-60(70)61-28-10-17-35-71(61)83)48-59(49-58)87-77-40-22-15-33-67(77)81(53-23-5-3-6-24-53,54-25-7-4-8-26-54)68-45-46-82-52-79(68)87/h3-52H,1-2H3. The molecule has 0 aliphatic carbocycles. The third-order valence-corrected chi connectivity index (χ3v) is 19.1. The zero-order valence-electron chi connectivity index (χ0n) is 48.1. The van der Waals surface area contributed by atoms with E-state index in [2.05, 4.69) is 335 Å². The summed E-state index contributed by atoms with van der Waals surface area (Å²) in [6.45, 7) is 4.79. The van der Waals surface area contributed by atoms with E-state index in [4.69, 9.17) is 4.98 Å². The van der Waals surface area contributed by atoms with Gasteiger partial charge in [-0.05, 0) is 137 Å². The summed E-state index contributed by atoms with van der Waals surface area (Å²) in [6, 6.07) is 108. The number of hydrogen-bond donors (Lipinski definition) is 0. The lowest BCUT2D eigenvalue weighted by Crippen LogP contribution is -2.37. The molecule has 0 N–H and O–H groups in total. The van der Waals surface area contributed by atoms with E-state index in [0.717, 1.165) is 67.8 Å². The van der Waals surface area contributed by atoms with Crippen LogP contribution in [-0.4, -0.2) is 18.7 Å². The smallest absolute Gasteiger partial charge is 0.0743 e. The summed E-state index contributed by atoms with van der Waals surface area (Å²) in [5, 5.41) is 7.34. The number of para-hydroxylation sites is 7. The van der Waals surface area contributed by atoms with Gasteiger partial charge in [0.05, 0.1) is 84.5 Å². The Morgan fingerprint density at radius 2 is 0.644 bits per heavy atom. The summed E-state index contributed by atoms with van der Waals surface area (Å²) < 4.78 is 7.37. The molecule has 0 saturated carbocycles. The minimum absolute atomic E-state index is 0.368. The number of aromatic nitrogens is 4. The van der Waals surface area contributed by atoms with Gasteiger partial charge >= 0.3 is 0 Å². The van der Waals surface area contributed by atoms with Crippen molar-refractivity contribution in [2.24, 2.45) is 0 Å². The molecule has 12 aromatic carbocycles. The highest BCUT2D eigenvalue weighted by molar-refractivity contribution is 6.13. The lowest BCUT2D eigenvalue weighted by atomic mass is 9.62.